The van der Waals surface area contributed by atoms with Gasteiger partial charge in [-0.2, -0.15) is 0 Å². The molecule has 0 atom stereocenters. The van der Waals surface area contributed by atoms with Gasteiger partial charge in [-0.1, -0.05) is 22.0 Å². The Morgan fingerprint density at radius 3 is 2.57 bits per heavy atom. The highest BCUT2D eigenvalue weighted by Gasteiger charge is 2.19. The van der Waals surface area contributed by atoms with Gasteiger partial charge in [0.25, 0.3) is 0 Å². The van der Waals surface area contributed by atoms with E-state index in [4.69, 9.17) is 9.47 Å². The normalized spacial score (nSPS) is 11.3. The van der Waals surface area contributed by atoms with Crippen LogP contribution in [-0.2, 0) is 14.8 Å². The maximum Gasteiger partial charge on any atom is 0.242 e. The van der Waals surface area contributed by atoms with Gasteiger partial charge >= 0.3 is 0 Å². The molecule has 2 rings (SSSR count). The van der Waals surface area contributed by atoms with Crippen LogP contribution < -0.4 is 14.8 Å². The molecule has 0 aliphatic carbocycles. The van der Waals surface area contributed by atoms with Gasteiger partial charge in [-0.05, 0) is 42.8 Å². The number of nitrogens with zero attached hydrogens (tertiary/aromatic N) is 1. The molecular weight excluding hydrogens is 448 g/mol. The number of anilines is 1. The van der Waals surface area contributed by atoms with E-state index in [-0.39, 0.29) is 17.2 Å². The van der Waals surface area contributed by atoms with Crippen molar-refractivity contribution in [3.8, 4) is 11.5 Å². The SMILES string of the molecule is COc1ccc(S(=O)(=O)N(C)C)cc1NC(=O)CCCOc1cccc(Br)c1. The molecule has 0 heterocycles. The summed E-state index contributed by atoms with van der Waals surface area (Å²) in [6, 6.07) is 11.8. The third-order valence-corrected chi connectivity index (χ3v) is 6.14. The quantitative estimate of drug-likeness (QED) is 0.566. The Hall–Kier alpha value is -2.10. The van der Waals surface area contributed by atoms with Crippen LogP contribution in [-0.4, -0.2) is 46.4 Å². The second-order valence-corrected chi connectivity index (χ2v) is 9.17. The van der Waals surface area contributed by atoms with Crippen LogP contribution in [0.25, 0.3) is 0 Å². The zero-order chi connectivity index (χ0) is 20.7. The molecule has 0 saturated heterocycles. The minimum atomic E-state index is -3.61. The van der Waals surface area contributed by atoms with E-state index in [0.29, 0.717) is 24.5 Å². The van der Waals surface area contributed by atoms with Crippen molar-refractivity contribution in [3.63, 3.8) is 0 Å². The molecule has 2 aromatic carbocycles. The molecule has 0 aromatic heterocycles. The topological polar surface area (TPSA) is 84.9 Å². The number of nitrogens with one attached hydrogen (secondary N) is 1. The second kappa shape index (κ2) is 9.90. The lowest BCUT2D eigenvalue weighted by molar-refractivity contribution is -0.116. The molecule has 1 N–H and O–H groups in total. The highest BCUT2D eigenvalue weighted by Crippen LogP contribution is 2.28. The number of ether oxygens (including phenoxy) is 2. The Morgan fingerprint density at radius 2 is 1.93 bits per heavy atom. The largest absolute Gasteiger partial charge is 0.495 e. The van der Waals surface area contributed by atoms with Crippen molar-refractivity contribution in [2.24, 2.45) is 0 Å². The van der Waals surface area contributed by atoms with Gasteiger partial charge in [-0.15, -0.1) is 0 Å². The van der Waals surface area contributed by atoms with Crippen molar-refractivity contribution in [2.45, 2.75) is 17.7 Å². The molecule has 0 aliphatic rings. The summed E-state index contributed by atoms with van der Waals surface area (Å²) in [5, 5.41) is 2.71. The molecule has 152 valence electrons. The molecule has 0 aliphatic heterocycles. The standard InChI is InChI=1S/C19H23BrN2O5S/c1-22(2)28(24,25)16-9-10-18(26-3)17(13-16)21-19(23)8-5-11-27-15-7-4-6-14(20)12-15/h4,6-7,9-10,12-13H,5,8,11H2,1-3H3,(H,21,23). The van der Waals surface area contributed by atoms with Crippen LogP contribution in [0.1, 0.15) is 12.8 Å². The second-order valence-electron chi connectivity index (χ2n) is 6.11. The number of methoxy groups -OCH3 is 1. The summed E-state index contributed by atoms with van der Waals surface area (Å²) >= 11 is 3.37. The number of sulfonamides is 1. The van der Waals surface area contributed by atoms with Gasteiger partial charge in [0.15, 0.2) is 0 Å². The third-order valence-electron chi connectivity index (χ3n) is 3.84. The van der Waals surface area contributed by atoms with Gasteiger partial charge in [0.05, 0.1) is 24.3 Å². The molecule has 0 unspecified atom stereocenters. The van der Waals surface area contributed by atoms with Crippen molar-refractivity contribution in [1.29, 1.82) is 0 Å². The van der Waals surface area contributed by atoms with Crippen molar-refractivity contribution in [2.75, 3.05) is 33.1 Å². The number of amides is 1. The Kier molecular flexibility index (Phi) is 7.85. The van der Waals surface area contributed by atoms with Crippen molar-refractivity contribution >= 4 is 37.5 Å². The van der Waals surface area contributed by atoms with E-state index in [2.05, 4.69) is 21.2 Å². The molecule has 1 amide bonds. The summed E-state index contributed by atoms with van der Waals surface area (Å²) in [6.07, 6.45) is 0.734. The zero-order valence-electron chi connectivity index (χ0n) is 15.9. The maximum atomic E-state index is 12.3. The Balaban J connectivity index is 1.96. The third kappa shape index (κ3) is 5.95. The van der Waals surface area contributed by atoms with E-state index >= 15 is 0 Å². The lowest BCUT2D eigenvalue weighted by Gasteiger charge is -2.15. The van der Waals surface area contributed by atoms with E-state index in [9.17, 15) is 13.2 Å². The van der Waals surface area contributed by atoms with Gasteiger partial charge in [0.2, 0.25) is 15.9 Å². The summed E-state index contributed by atoms with van der Waals surface area (Å²) in [7, 11) is 0.738. The minimum Gasteiger partial charge on any atom is -0.495 e. The summed E-state index contributed by atoms with van der Waals surface area (Å²) < 4.78 is 37.4. The van der Waals surface area contributed by atoms with Gasteiger partial charge < -0.3 is 14.8 Å². The minimum absolute atomic E-state index is 0.0755. The first-order valence-corrected chi connectivity index (χ1v) is 10.8. The van der Waals surface area contributed by atoms with E-state index in [1.165, 1.54) is 39.4 Å². The number of benzene rings is 2. The van der Waals surface area contributed by atoms with E-state index in [0.717, 1.165) is 14.5 Å². The van der Waals surface area contributed by atoms with Crippen molar-refractivity contribution < 1.29 is 22.7 Å². The fourth-order valence-electron chi connectivity index (χ4n) is 2.35. The number of halogens is 1. The molecule has 7 nitrogen and oxygen atoms in total. The molecule has 2 aromatic rings. The average molecular weight is 471 g/mol. The van der Waals surface area contributed by atoms with Crippen LogP contribution in [0.5, 0.6) is 11.5 Å². The average Bonchev–Trinajstić information content (AvgIpc) is 2.65. The summed E-state index contributed by atoms with van der Waals surface area (Å²) in [4.78, 5) is 12.3. The fourth-order valence-corrected chi connectivity index (χ4v) is 3.65. The molecule has 0 radical (unpaired) electrons. The lowest BCUT2D eigenvalue weighted by Crippen LogP contribution is -2.22. The van der Waals surface area contributed by atoms with Crippen LogP contribution in [0, 0.1) is 0 Å². The first-order chi connectivity index (χ1) is 13.2. The van der Waals surface area contributed by atoms with Crippen LogP contribution in [0.15, 0.2) is 51.8 Å². The highest BCUT2D eigenvalue weighted by atomic mass is 79.9. The molecule has 0 saturated carbocycles. The van der Waals surface area contributed by atoms with Crippen LogP contribution in [0.4, 0.5) is 5.69 Å². The molecule has 0 fully saturated rings. The van der Waals surface area contributed by atoms with E-state index in [1.54, 1.807) is 0 Å². The van der Waals surface area contributed by atoms with Gasteiger partial charge in [0, 0.05) is 25.0 Å². The smallest absolute Gasteiger partial charge is 0.242 e. The monoisotopic (exact) mass is 470 g/mol. The van der Waals surface area contributed by atoms with Crippen LogP contribution in [0.2, 0.25) is 0 Å². The lowest BCUT2D eigenvalue weighted by atomic mass is 10.2. The highest BCUT2D eigenvalue weighted by molar-refractivity contribution is 9.10. The van der Waals surface area contributed by atoms with Crippen LogP contribution in [0.3, 0.4) is 0 Å². The summed E-state index contributed by atoms with van der Waals surface area (Å²) in [5.41, 5.74) is 0.309. The van der Waals surface area contributed by atoms with Crippen molar-refractivity contribution in [3.05, 3.63) is 46.9 Å². The molecule has 9 heteroatoms. The summed E-state index contributed by atoms with van der Waals surface area (Å²) in [5.74, 6) is 0.852. The number of hydrogen-bond acceptors (Lipinski definition) is 5. The van der Waals surface area contributed by atoms with E-state index in [1.807, 2.05) is 24.3 Å². The molecule has 0 spiro atoms. The number of rotatable bonds is 9. The molecular formula is C19H23BrN2O5S. The first kappa shape index (κ1) is 22.2. The number of carbonyl (C=O) groups excluding carboxylic acids is 1. The number of carbonyl (C=O) groups is 1. The van der Waals surface area contributed by atoms with E-state index < -0.39 is 10.0 Å². The predicted octanol–water partition coefficient (Wildman–Crippen LogP) is 3.51. The molecule has 0 bridgehead atoms. The number of hydrogen-bond donors (Lipinski definition) is 1. The molecule has 28 heavy (non-hydrogen) atoms. The van der Waals surface area contributed by atoms with Gasteiger partial charge in [-0.25, -0.2) is 12.7 Å². The van der Waals surface area contributed by atoms with Gasteiger partial charge in [0.1, 0.15) is 11.5 Å². The van der Waals surface area contributed by atoms with Crippen LogP contribution >= 0.6 is 15.9 Å². The fraction of sp³-hybridized carbons (Fsp3) is 0.316. The Morgan fingerprint density at radius 1 is 1.18 bits per heavy atom. The Bertz CT molecular complexity index is 932. The Labute approximate surface area is 173 Å². The summed E-state index contributed by atoms with van der Waals surface area (Å²) in [6.45, 7) is 0.385. The first-order valence-electron chi connectivity index (χ1n) is 8.53. The van der Waals surface area contributed by atoms with Crippen molar-refractivity contribution in [1.82, 2.24) is 4.31 Å². The van der Waals surface area contributed by atoms with Gasteiger partial charge in [-0.3, -0.25) is 4.79 Å². The predicted molar refractivity (Wildman–Crippen MR) is 111 cm³/mol. The maximum absolute atomic E-state index is 12.3. The zero-order valence-corrected chi connectivity index (χ0v) is 18.3.